The molecule has 0 aromatic heterocycles. The summed E-state index contributed by atoms with van der Waals surface area (Å²) in [6.45, 7) is 8.42. The van der Waals surface area contributed by atoms with Crippen molar-refractivity contribution < 1.29 is 4.79 Å². The maximum Gasteiger partial charge on any atom is 0.155 e. The van der Waals surface area contributed by atoms with Gasteiger partial charge in [0.1, 0.15) is 0 Å². The molecule has 0 amide bonds. The molecule has 3 heterocycles. The summed E-state index contributed by atoms with van der Waals surface area (Å²) < 4.78 is 0. The van der Waals surface area contributed by atoms with E-state index in [9.17, 15) is 4.79 Å². The Hall–Kier alpha value is -0.370. The summed E-state index contributed by atoms with van der Waals surface area (Å²) >= 11 is 0. The van der Waals surface area contributed by atoms with Crippen LogP contribution in [-0.2, 0) is 4.79 Å². The van der Waals surface area contributed by atoms with Gasteiger partial charge < -0.3 is 0 Å². The number of ketones is 1. The molecule has 0 N–H and O–H groups in total. The number of hydrogen-bond donors (Lipinski definition) is 0. The first kappa shape index (κ1) is 10.2. The molecule has 1 unspecified atom stereocenters. The summed E-state index contributed by atoms with van der Waals surface area (Å²) in [7, 11) is 0. The Balaban J connectivity index is 2.09. The van der Waals surface area contributed by atoms with Crippen molar-refractivity contribution in [2.75, 3.05) is 13.1 Å². The van der Waals surface area contributed by atoms with Crippen molar-refractivity contribution in [1.82, 2.24) is 4.90 Å². The minimum Gasteiger partial charge on any atom is -0.297 e. The summed E-state index contributed by atoms with van der Waals surface area (Å²) in [5.74, 6) is 1.28. The lowest BCUT2D eigenvalue weighted by molar-refractivity contribution is -0.136. The predicted molar refractivity (Wildman–Crippen MR) is 57.2 cm³/mol. The van der Waals surface area contributed by atoms with Gasteiger partial charge in [0.15, 0.2) is 5.78 Å². The highest BCUT2D eigenvalue weighted by molar-refractivity contribution is 5.88. The van der Waals surface area contributed by atoms with E-state index >= 15 is 0 Å². The fraction of sp³-hybridized carbons (Fsp3) is 0.917. The first-order valence-electron chi connectivity index (χ1n) is 5.77. The molecule has 14 heavy (non-hydrogen) atoms. The Bertz CT molecular complexity index is 233. The molecule has 0 saturated carbocycles. The largest absolute Gasteiger partial charge is 0.297 e. The average molecular weight is 195 g/mol. The van der Waals surface area contributed by atoms with Crippen molar-refractivity contribution in [3.05, 3.63) is 0 Å². The van der Waals surface area contributed by atoms with Crippen molar-refractivity contribution in [1.29, 1.82) is 0 Å². The molecule has 3 rings (SSSR count). The van der Waals surface area contributed by atoms with E-state index in [0.717, 1.165) is 25.4 Å². The van der Waals surface area contributed by atoms with E-state index < -0.39 is 0 Å². The zero-order valence-electron chi connectivity index (χ0n) is 9.55. The van der Waals surface area contributed by atoms with Gasteiger partial charge in [0.05, 0.1) is 6.04 Å². The number of carbonyl (C=O) groups is 1. The molecule has 3 fully saturated rings. The minimum absolute atomic E-state index is 0.165. The van der Waals surface area contributed by atoms with E-state index in [2.05, 4.69) is 4.90 Å². The zero-order valence-corrected chi connectivity index (χ0v) is 9.55. The highest BCUT2D eigenvalue weighted by atomic mass is 16.1. The van der Waals surface area contributed by atoms with Gasteiger partial charge in [0.25, 0.3) is 0 Å². The van der Waals surface area contributed by atoms with Crippen LogP contribution in [0.3, 0.4) is 0 Å². The van der Waals surface area contributed by atoms with Crippen LogP contribution in [0.5, 0.6) is 0 Å². The van der Waals surface area contributed by atoms with E-state index in [1.807, 2.05) is 20.8 Å². The standard InChI is InChI=1S/C12H21NO/c1-12(2,3)11(14)10-8-9-4-6-13(10)7-5-9/h9-10H,4-8H2,1-3H3. The Morgan fingerprint density at radius 1 is 1.21 bits per heavy atom. The molecule has 2 nitrogen and oxygen atoms in total. The van der Waals surface area contributed by atoms with E-state index in [4.69, 9.17) is 0 Å². The van der Waals surface area contributed by atoms with Gasteiger partial charge in [-0.15, -0.1) is 0 Å². The van der Waals surface area contributed by atoms with Crippen LogP contribution in [0.2, 0.25) is 0 Å². The fourth-order valence-electron chi connectivity index (χ4n) is 2.74. The van der Waals surface area contributed by atoms with Crippen LogP contribution in [0, 0.1) is 11.3 Å². The second-order valence-corrected chi connectivity index (χ2v) is 5.85. The number of carbonyl (C=O) groups excluding carboxylic acids is 1. The van der Waals surface area contributed by atoms with E-state index in [1.165, 1.54) is 12.8 Å². The molecule has 3 aliphatic rings. The monoisotopic (exact) mass is 195 g/mol. The molecular weight excluding hydrogens is 174 g/mol. The maximum atomic E-state index is 12.2. The van der Waals surface area contributed by atoms with Crippen LogP contribution >= 0.6 is 0 Å². The van der Waals surface area contributed by atoms with Gasteiger partial charge >= 0.3 is 0 Å². The molecular formula is C12H21NO. The third-order valence-corrected chi connectivity index (χ3v) is 3.69. The lowest BCUT2D eigenvalue weighted by atomic mass is 9.76. The van der Waals surface area contributed by atoms with Gasteiger partial charge in [-0.1, -0.05) is 20.8 Å². The van der Waals surface area contributed by atoms with Gasteiger partial charge in [0, 0.05) is 5.41 Å². The Morgan fingerprint density at radius 3 is 2.14 bits per heavy atom. The van der Waals surface area contributed by atoms with Crippen LogP contribution in [0.15, 0.2) is 0 Å². The van der Waals surface area contributed by atoms with Crippen LogP contribution in [0.25, 0.3) is 0 Å². The lowest BCUT2D eigenvalue weighted by Crippen LogP contribution is -2.54. The van der Waals surface area contributed by atoms with Crippen LogP contribution in [0.1, 0.15) is 40.0 Å². The molecule has 0 aliphatic carbocycles. The van der Waals surface area contributed by atoms with E-state index in [-0.39, 0.29) is 11.5 Å². The molecule has 3 aliphatic heterocycles. The summed E-state index contributed by atoms with van der Waals surface area (Å²) in [5.41, 5.74) is -0.165. The van der Waals surface area contributed by atoms with Gasteiger partial charge in [0.2, 0.25) is 0 Å². The second-order valence-electron chi connectivity index (χ2n) is 5.85. The molecule has 1 atom stereocenters. The number of rotatable bonds is 1. The minimum atomic E-state index is -0.165. The highest BCUT2D eigenvalue weighted by Crippen LogP contribution is 2.35. The van der Waals surface area contributed by atoms with E-state index in [1.54, 1.807) is 0 Å². The summed E-state index contributed by atoms with van der Waals surface area (Å²) in [6, 6.07) is 0.238. The quantitative estimate of drug-likeness (QED) is 0.638. The zero-order chi connectivity index (χ0) is 10.3. The first-order chi connectivity index (χ1) is 6.48. The molecule has 3 saturated heterocycles. The first-order valence-corrected chi connectivity index (χ1v) is 5.77. The average Bonchev–Trinajstić information content (AvgIpc) is 2.17. The van der Waals surface area contributed by atoms with Crippen molar-refractivity contribution in [3.63, 3.8) is 0 Å². The number of nitrogens with zero attached hydrogens (tertiary/aromatic N) is 1. The molecule has 80 valence electrons. The second kappa shape index (κ2) is 3.34. The Morgan fingerprint density at radius 2 is 1.79 bits per heavy atom. The van der Waals surface area contributed by atoms with Gasteiger partial charge in [-0.3, -0.25) is 9.69 Å². The molecule has 0 radical (unpaired) electrons. The summed E-state index contributed by atoms with van der Waals surface area (Å²) in [5, 5.41) is 0. The molecule has 0 aromatic rings. The van der Waals surface area contributed by atoms with Gasteiger partial charge in [-0.05, 0) is 38.3 Å². The third kappa shape index (κ3) is 1.72. The van der Waals surface area contributed by atoms with Crippen molar-refractivity contribution in [2.45, 2.75) is 46.1 Å². The SMILES string of the molecule is CC(C)(C)C(=O)C1CC2CCN1CC2. The summed E-state index contributed by atoms with van der Waals surface area (Å²) in [4.78, 5) is 14.6. The number of piperidine rings is 3. The highest BCUT2D eigenvalue weighted by Gasteiger charge is 2.40. The maximum absolute atomic E-state index is 12.2. The smallest absolute Gasteiger partial charge is 0.155 e. The molecule has 0 spiro atoms. The Kier molecular flexibility index (Phi) is 2.42. The van der Waals surface area contributed by atoms with Crippen LogP contribution in [0.4, 0.5) is 0 Å². The molecule has 0 aromatic carbocycles. The Labute approximate surface area is 86.7 Å². The summed E-state index contributed by atoms with van der Waals surface area (Å²) in [6.07, 6.45) is 3.75. The normalized spacial score (nSPS) is 37.2. The van der Waals surface area contributed by atoms with Crippen LogP contribution < -0.4 is 0 Å². The number of hydrogen-bond acceptors (Lipinski definition) is 2. The van der Waals surface area contributed by atoms with Gasteiger partial charge in [-0.25, -0.2) is 0 Å². The molecule has 2 heteroatoms. The molecule has 2 bridgehead atoms. The number of Topliss-reactive ketones (excluding diaryl/α,β-unsaturated/α-hetero) is 1. The van der Waals surface area contributed by atoms with Crippen molar-refractivity contribution in [2.24, 2.45) is 11.3 Å². The topological polar surface area (TPSA) is 20.3 Å². The predicted octanol–water partition coefficient (Wildman–Crippen LogP) is 2.09. The van der Waals surface area contributed by atoms with E-state index in [0.29, 0.717) is 5.78 Å². The number of fused-ring (bicyclic) bond motifs is 3. The van der Waals surface area contributed by atoms with Crippen molar-refractivity contribution >= 4 is 5.78 Å². The van der Waals surface area contributed by atoms with Gasteiger partial charge in [-0.2, -0.15) is 0 Å². The van der Waals surface area contributed by atoms with Crippen LogP contribution in [-0.4, -0.2) is 29.8 Å². The lowest BCUT2D eigenvalue weighted by Gasteiger charge is -2.46. The van der Waals surface area contributed by atoms with Crippen molar-refractivity contribution in [3.8, 4) is 0 Å². The fourth-order valence-corrected chi connectivity index (χ4v) is 2.74. The third-order valence-electron chi connectivity index (χ3n) is 3.69.